The van der Waals surface area contributed by atoms with Crippen LogP contribution in [0.15, 0.2) is 47.4 Å². The van der Waals surface area contributed by atoms with Crippen LogP contribution < -0.4 is 9.88 Å². The van der Waals surface area contributed by atoms with E-state index >= 15 is 0 Å². The number of carbonyl (C=O) groups excluding carboxylic acids is 1. The van der Waals surface area contributed by atoms with Crippen molar-refractivity contribution < 1.29 is 31.1 Å². The molecule has 0 heterocycles. The van der Waals surface area contributed by atoms with E-state index in [1.807, 2.05) is 13.8 Å². The summed E-state index contributed by atoms with van der Waals surface area (Å²) in [5, 5.41) is 5.11. The van der Waals surface area contributed by atoms with Crippen LogP contribution in [-0.4, -0.2) is 21.3 Å². The quantitative estimate of drug-likeness (QED) is 0.736. The molecule has 5 nitrogen and oxygen atoms in total. The lowest BCUT2D eigenvalue weighted by Gasteiger charge is -2.12. The maximum absolute atomic E-state index is 13.1. The number of alkyl halides is 3. The van der Waals surface area contributed by atoms with E-state index in [0.717, 1.165) is 17.7 Å². The van der Waals surface area contributed by atoms with Crippen LogP contribution in [0, 0.1) is 11.3 Å². The van der Waals surface area contributed by atoms with Gasteiger partial charge in [0.1, 0.15) is 11.5 Å². The van der Waals surface area contributed by atoms with E-state index in [2.05, 4.69) is 0 Å². The van der Waals surface area contributed by atoms with Crippen LogP contribution in [-0.2, 0) is 27.4 Å². The van der Waals surface area contributed by atoms with Crippen LogP contribution in [0.25, 0.3) is 0 Å². The van der Waals surface area contributed by atoms with E-state index in [9.17, 15) is 26.4 Å². The molecule has 2 aromatic rings. The lowest BCUT2D eigenvalue weighted by Crippen LogP contribution is -2.12. The Kier molecular flexibility index (Phi) is 5.49. The van der Waals surface area contributed by atoms with Crippen molar-refractivity contribution in [3.63, 3.8) is 0 Å². The number of sulfonamides is 1. The van der Waals surface area contributed by atoms with Crippen molar-refractivity contribution in [3.8, 4) is 5.75 Å². The third-order valence-corrected chi connectivity index (χ3v) is 6.64. The number of hydrogen-bond donors (Lipinski definition) is 1. The van der Waals surface area contributed by atoms with Gasteiger partial charge in [0.05, 0.1) is 17.6 Å². The van der Waals surface area contributed by atoms with E-state index in [0.29, 0.717) is 0 Å². The first kappa shape index (κ1) is 22.3. The molecule has 1 aliphatic carbocycles. The molecule has 9 heteroatoms. The van der Waals surface area contributed by atoms with E-state index in [4.69, 9.17) is 9.88 Å². The molecule has 0 saturated heterocycles. The summed E-state index contributed by atoms with van der Waals surface area (Å²) in [4.78, 5) is 13.0. The highest BCUT2D eigenvalue weighted by molar-refractivity contribution is 7.89. The average Bonchev–Trinajstić information content (AvgIpc) is 3.22. The fraction of sp³-hybridized carbons (Fsp3) is 0.381. The van der Waals surface area contributed by atoms with Gasteiger partial charge >= 0.3 is 6.18 Å². The number of primary sulfonamides is 1. The Balaban J connectivity index is 1.84. The summed E-state index contributed by atoms with van der Waals surface area (Å²) in [6, 6.07) is 9.08. The minimum absolute atomic E-state index is 0.0266. The van der Waals surface area contributed by atoms with E-state index in [-0.39, 0.29) is 34.3 Å². The highest BCUT2D eigenvalue weighted by Crippen LogP contribution is 2.65. The molecule has 162 valence electrons. The van der Waals surface area contributed by atoms with Crippen LogP contribution in [0.1, 0.15) is 36.5 Å². The molecule has 2 atom stereocenters. The van der Waals surface area contributed by atoms with Crippen molar-refractivity contribution in [1.82, 2.24) is 0 Å². The Bertz CT molecular complexity index is 1080. The summed E-state index contributed by atoms with van der Waals surface area (Å²) in [7, 11) is -2.48. The fourth-order valence-corrected chi connectivity index (χ4v) is 4.63. The van der Waals surface area contributed by atoms with Crippen molar-refractivity contribution in [1.29, 1.82) is 0 Å². The van der Waals surface area contributed by atoms with Crippen molar-refractivity contribution in [2.24, 2.45) is 16.5 Å². The normalized spacial score (nSPS) is 20.6. The SMILES string of the molecule is COc1ccc(C(F)(F)F)cc1CC(=O)[C@@H]1[C@@H](c2ccc(S(N)(=O)=O)cc2)C1(C)C. The van der Waals surface area contributed by atoms with Gasteiger partial charge in [-0.05, 0) is 47.2 Å². The average molecular weight is 441 g/mol. The fourth-order valence-electron chi connectivity index (χ4n) is 4.12. The van der Waals surface area contributed by atoms with Gasteiger partial charge < -0.3 is 4.74 Å². The Hall–Kier alpha value is -2.39. The number of benzene rings is 2. The van der Waals surface area contributed by atoms with E-state index < -0.39 is 33.1 Å². The second-order valence-corrected chi connectivity index (χ2v) is 9.62. The largest absolute Gasteiger partial charge is 0.496 e. The minimum atomic E-state index is -4.52. The first-order chi connectivity index (χ1) is 13.8. The van der Waals surface area contributed by atoms with Crippen LogP contribution >= 0.6 is 0 Å². The number of hydrogen-bond acceptors (Lipinski definition) is 4. The Labute approximate surface area is 173 Å². The van der Waals surface area contributed by atoms with Crippen LogP contribution in [0.3, 0.4) is 0 Å². The van der Waals surface area contributed by atoms with E-state index in [1.165, 1.54) is 25.3 Å². The number of ketones is 1. The number of methoxy groups -OCH3 is 1. The zero-order valence-electron chi connectivity index (χ0n) is 16.7. The van der Waals surface area contributed by atoms with Gasteiger partial charge in [-0.1, -0.05) is 26.0 Å². The number of halogens is 3. The molecule has 1 fully saturated rings. The predicted octanol–water partition coefficient (Wildman–Crippen LogP) is 3.91. The number of ether oxygens (including phenoxy) is 1. The van der Waals surface area contributed by atoms with Gasteiger partial charge in [-0.2, -0.15) is 13.2 Å². The molecule has 30 heavy (non-hydrogen) atoms. The zero-order valence-corrected chi connectivity index (χ0v) is 17.5. The second-order valence-electron chi connectivity index (χ2n) is 8.06. The lowest BCUT2D eigenvalue weighted by molar-refractivity contribution is -0.137. The highest BCUT2D eigenvalue weighted by atomic mass is 32.2. The lowest BCUT2D eigenvalue weighted by atomic mass is 9.99. The first-order valence-electron chi connectivity index (χ1n) is 9.16. The predicted molar refractivity (Wildman–Crippen MR) is 105 cm³/mol. The summed E-state index contributed by atoms with van der Waals surface area (Å²) >= 11 is 0. The molecule has 0 radical (unpaired) electrons. The van der Waals surface area contributed by atoms with Gasteiger partial charge in [-0.3, -0.25) is 4.79 Å². The zero-order chi connectivity index (χ0) is 22.5. The molecule has 1 aliphatic rings. The third kappa shape index (κ3) is 4.22. The molecule has 0 spiro atoms. The molecule has 2 aromatic carbocycles. The van der Waals surface area contributed by atoms with Gasteiger partial charge in [0.25, 0.3) is 0 Å². The molecule has 1 saturated carbocycles. The van der Waals surface area contributed by atoms with Gasteiger partial charge in [-0.25, -0.2) is 13.6 Å². The van der Waals surface area contributed by atoms with Gasteiger partial charge in [0.15, 0.2) is 0 Å². The van der Waals surface area contributed by atoms with Gasteiger partial charge in [-0.15, -0.1) is 0 Å². The maximum atomic E-state index is 13.1. The van der Waals surface area contributed by atoms with Crippen molar-refractivity contribution in [2.45, 2.75) is 37.3 Å². The summed E-state index contributed by atoms with van der Waals surface area (Å²) in [5.41, 5.74) is -0.281. The van der Waals surface area contributed by atoms with Crippen LogP contribution in [0.4, 0.5) is 13.2 Å². The molecule has 0 aliphatic heterocycles. The minimum Gasteiger partial charge on any atom is -0.496 e. The smallest absolute Gasteiger partial charge is 0.416 e. The monoisotopic (exact) mass is 441 g/mol. The van der Waals surface area contributed by atoms with Crippen molar-refractivity contribution in [3.05, 3.63) is 59.2 Å². The van der Waals surface area contributed by atoms with E-state index in [1.54, 1.807) is 12.1 Å². The summed E-state index contributed by atoms with van der Waals surface area (Å²) in [6.45, 7) is 3.80. The topological polar surface area (TPSA) is 86.5 Å². The molecule has 0 bridgehead atoms. The van der Waals surface area contributed by atoms with Crippen molar-refractivity contribution in [2.75, 3.05) is 7.11 Å². The molecule has 3 rings (SSSR count). The maximum Gasteiger partial charge on any atom is 0.416 e. The Morgan fingerprint density at radius 2 is 1.73 bits per heavy atom. The molecule has 2 N–H and O–H groups in total. The number of rotatable bonds is 6. The number of nitrogens with two attached hydrogens (primary N) is 1. The van der Waals surface area contributed by atoms with Crippen molar-refractivity contribution >= 4 is 15.8 Å². The Morgan fingerprint density at radius 3 is 2.23 bits per heavy atom. The van der Waals surface area contributed by atoms with Crippen LogP contribution in [0.5, 0.6) is 5.75 Å². The third-order valence-electron chi connectivity index (χ3n) is 5.71. The Morgan fingerprint density at radius 1 is 1.13 bits per heavy atom. The standard InChI is InChI=1S/C21H22F3NO4S/c1-20(2)18(12-4-7-15(8-5-12)30(25,27)28)19(20)16(26)11-13-10-14(21(22,23)24)6-9-17(13)29-3/h4-10,18-19H,11H2,1-3H3,(H2,25,27,28)/t18-,19-/m1/s1. The summed E-state index contributed by atoms with van der Waals surface area (Å²) in [5.74, 6) is -0.546. The number of carbonyl (C=O) groups is 1. The van der Waals surface area contributed by atoms with Gasteiger partial charge in [0, 0.05) is 17.9 Å². The molecule has 0 aromatic heterocycles. The molecule has 0 unspecified atom stereocenters. The molecule has 0 amide bonds. The number of Topliss-reactive ketones (excluding diaryl/α,β-unsaturated/α-hetero) is 1. The first-order valence-corrected chi connectivity index (χ1v) is 10.7. The molecular formula is C21H22F3NO4S. The highest BCUT2D eigenvalue weighted by Gasteiger charge is 2.61. The van der Waals surface area contributed by atoms with Crippen LogP contribution in [0.2, 0.25) is 0 Å². The second kappa shape index (κ2) is 7.39. The molecular weight excluding hydrogens is 419 g/mol. The summed E-state index contributed by atoms with van der Waals surface area (Å²) in [6.07, 6.45) is -4.70. The van der Waals surface area contributed by atoms with Gasteiger partial charge in [0.2, 0.25) is 10.0 Å². The summed E-state index contributed by atoms with van der Waals surface area (Å²) < 4.78 is 67.2.